The van der Waals surface area contributed by atoms with Crippen molar-refractivity contribution in [3.05, 3.63) is 77.9 Å². The van der Waals surface area contributed by atoms with Crippen LogP contribution in [0.1, 0.15) is 24.1 Å². The molecule has 2 aromatic rings. The number of hydrogen-bond donors (Lipinski definition) is 0. The molecule has 6 nitrogen and oxygen atoms in total. The lowest BCUT2D eigenvalue weighted by Crippen LogP contribution is -2.40. The summed E-state index contributed by atoms with van der Waals surface area (Å²) in [5, 5.41) is 0. The van der Waals surface area contributed by atoms with E-state index in [0.29, 0.717) is 6.54 Å². The van der Waals surface area contributed by atoms with Gasteiger partial charge in [-0.1, -0.05) is 54.6 Å². The first-order chi connectivity index (χ1) is 15.0. The highest BCUT2D eigenvalue weighted by atomic mass is 16.6. The Hall–Kier alpha value is -3.12. The summed E-state index contributed by atoms with van der Waals surface area (Å²) in [6.07, 6.45) is 3.46. The first-order valence-electron chi connectivity index (χ1n) is 10.5. The molecule has 160 valence electrons. The second-order valence-electron chi connectivity index (χ2n) is 8.41. The predicted molar refractivity (Wildman–Crippen MR) is 113 cm³/mol. The Balaban J connectivity index is 1.34. The van der Waals surface area contributed by atoms with Crippen molar-refractivity contribution in [2.75, 3.05) is 13.7 Å². The van der Waals surface area contributed by atoms with E-state index in [2.05, 4.69) is 0 Å². The van der Waals surface area contributed by atoms with Crippen LogP contribution < -0.4 is 4.74 Å². The van der Waals surface area contributed by atoms with Crippen LogP contribution in [-0.2, 0) is 25.7 Å². The van der Waals surface area contributed by atoms with Crippen LogP contribution in [0.5, 0.6) is 5.75 Å². The maximum Gasteiger partial charge on any atom is 0.313 e. The van der Waals surface area contributed by atoms with E-state index in [4.69, 9.17) is 14.2 Å². The van der Waals surface area contributed by atoms with Crippen LogP contribution in [0.15, 0.2) is 66.7 Å². The number of likely N-dealkylation sites (tertiary alicyclic amines) is 1. The summed E-state index contributed by atoms with van der Waals surface area (Å²) in [4.78, 5) is 28.3. The molecule has 6 heteroatoms. The predicted octanol–water partition coefficient (Wildman–Crippen LogP) is 3.28. The van der Waals surface area contributed by atoms with Crippen molar-refractivity contribution in [2.45, 2.75) is 31.3 Å². The van der Waals surface area contributed by atoms with E-state index >= 15 is 0 Å². The van der Waals surface area contributed by atoms with Gasteiger partial charge < -0.3 is 19.1 Å². The number of hydrogen-bond acceptors (Lipinski definition) is 5. The van der Waals surface area contributed by atoms with Crippen LogP contribution in [-0.4, -0.2) is 42.1 Å². The Labute approximate surface area is 181 Å². The van der Waals surface area contributed by atoms with Crippen molar-refractivity contribution in [1.82, 2.24) is 4.90 Å². The fourth-order valence-corrected chi connectivity index (χ4v) is 5.01. The first kappa shape index (κ1) is 19.8. The van der Waals surface area contributed by atoms with Gasteiger partial charge in [0.15, 0.2) is 0 Å². The van der Waals surface area contributed by atoms with Gasteiger partial charge in [0.1, 0.15) is 23.9 Å². The number of methoxy groups -OCH3 is 1. The lowest BCUT2D eigenvalue weighted by atomic mass is 9.77. The monoisotopic (exact) mass is 419 g/mol. The molecular weight excluding hydrogens is 394 g/mol. The summed E-state index contributed by atoms with van der Waals surface area (Å²) in [6, 6.07) is 17.1. The lowest BCUT2D eigenvalue weighted by Gasteiger charge is -2.27. The van der Waals surface area contributed by atoms with E-state index in [1.807, 2.05) is 78.6 Å². The molecule has 0 radical (unpaired) electrons. The van der Waals surface area contributed by atoms with Gasteiger partial charge in [-0.15, -0.1) is 0 Å². The Kier molecular flexibility index (Phi) is 4.82. The van der Waals surface area contributed by atoms with Crippen molar-refractivity contribution < 1.29 is 23.8 Å². The zero-order chi connectivity index (χ0) is 21.6. The number of carbonyl (C=O) groups excluding carboxylic acids is 2. The van der Waals surface area contributed by atoms with E-state index in [1.54, 1.807) is 7.11 Å². The zero-order valence-corrected chi connectivity index (χ0v) is 17.6. The van der Waals surface area contributed by atoms with Crippen molar-refractivity contribution in [3.8, 4) is 5.75 Å². The normalized spacial score (nSPS) is 29.2. The van der Waals surface area contributed by atoms with E-state index in [0.717, 1.165) is 16.9 Å². The quantitative estimate of drug-likeness (QED) is 0.531. The fourth-order valence-electron chi connectivity index (χ4n) is 5.01. The average Bonchev–Trinajstić information content (AvgIpc) is 3.46. The van der Waals surface area contributed by atoms with Gasteiger partial charge in [-0.25, -0.2) is 0 Å². The van der Waals surface area contributed by atoms with Crippen LogP contribution in [0, 0.1) is 11.8 Å². The summed E-state index contributed by atoms with van der Waals surface area (Å²) in [5.74, 6) is -0.833. The van der Waals surface area contributed by atoms with Crippen LogP contribution in [0.2, 0.25) is 0 Å². The van der Waals surface area contributed by atoms with Crippen molar-refractivity contribution in [1.29, 1.82) is 0 Å². The highest BCUT2D eigenvalue weighted by molar-refractivity contribution is 5.91. The zero-order valence-electron chi connectivity index (χ0n) is 17.6. The summed E-state index contributed by atoms with van der Waals surface area (Å²) in [5.41, 5.74) is 1.17. The van der Waals surface area contributed by atoms with Crippen LogP contribution in [0.3, 0.4) is 0 Å². The van der Waals surface area contributed by atoms with Gasteiger partial charge in [0.25, 0.3) is 0 Å². The molecule has 0 saturated carbocycles. The lowest BCUT2D eigenvalue weighted by molar-refractivity contribution is -0.155. The number of ether oxygens (including phenoxy) is 3. The topological polar surface area (TPSA) is 65.1 Å². The van der Waals surface area contributed by atoms with Gasteiger partial charge in [0.2, 0.25) is 5.91 Å². The van der Waals surface area contributed by atoms with Crippen LogP contribution in [0.4, 0.5) is 0 Å². The molecule has 3 heterocycles. The standard InChI is InChI=1S/C25H25NO5/c1-16(18-8-10-19(29-2)11-9-18)26-15-25-13-12-20(31-25)21(22(25)23(26)27)24(28)30-14-17-6-4-3-5-7-17/h3-13,16,20-22H,14-15H2,1-2H3/t16-,20+,21+,22+,25+/m0/s1. The van der Waals surface area contributed by atoms with Crippen LogP contribution >= 0.6 is 0 Å². The van der Waals surface area contributed by atoms with Gasteiger partial charge >= 0.3 is 5.97 Å². The molecule has 0 aliphatic carbocycles. The minimum Gasteiger partial charge on any atom is -0.497 e. The first-order valence-corrected chi connectivity index (χ1v) is 10.5. The Morgan fingerprint density at radius 1 is 1.19 bits per heavy atom. The van der Waals surface area contributed by atoms with Gasteiger partial charge in [0, 0.05) is 0 Å². The average molecular weight is 419 g/mol. The largest absolute Gasteiger partial charge is 0.497 e. The molecule has 2 aromatic carbocycles. The maximum absolute atomic E-state index is 13.5. The number of nitrogens with zero attached hydrogens (tertiary/aromatic N) is 1. The molecule has 5 atom stereocenters. The number of amides is 1. The molecule has 5 rings (SSSR count). The minimum atomic E-state index is -0.751. The highest BCUT2D eigenvalue weighted by Crippen LogP contribution is 2.53. The molecule has 3 aliphatic rings. The van der Waals surface area contributed by atoms with E-state index < -0.39 is 23.5 Å². The highest BCUT2D eigenvalue weighted by Gasteiger charge is 2.67. The van der Waals surface area contributed by atoms with E-state index in [9.17, 15) is 9.59 Å². The van der Waals surface area contributed by atoms with Gasteiger partial charge in [-0.2, -0.15) is 0 Å². The Bertz CT molecular complexity index is 1020. The molecule has 31 heavy (non-hydrogen) atoms. The van der Waals surface area contributed by atoms with E-state index in [1.165, 1.54) is 0 Å². The number of benzene rings is 2. The smallest absolute Gasteiger partial charge is 0.313 e. The van der Waals surface area contributed by atoms with Crippen molar-refractivity contribution >= 4 is 11.9 Å². The molecule has 3 aliphatic heterocycles. The maximum atomic E-state index is 13.5. The van der Waals surface area contributed by atoms with E-state index in [-0.39, 0.29) is 24.5 Å². The Morgan fingerprint density at radius 2 is 1.94 bits per heavy atom. The van der Waals surface area contributed by atoms with Gasteiger partial charge in [-0.05, 0) is 30.2 Å². The number of fused-ring (bicyclic) bond motifs is 1. The summed E-state index contributed by atoms with van der Waals surface area (Å²) in [7, 11) is 1.62. The third-order valence-electron chi connectivity index (χ3n) is 6.69. The fraction of sp³-hybridized carbons (Fsp3) is 0.360. The molecule has 0 N–H and O–H groups in total. The number of rotatable bonds is 6. The number of esters is 1. The Morgan fingerprint density at radius 3 is 2.65 bits per heavy atom. The summed E-state index contributed by atoms with van der Waals surface area (Å²) in [6.45, 7) is 2.61. The third kappa shape index (κ3) is 3.22. The summed E-state index contributed by atoms with van der Waals surface area (Å²) >= 11 is 0. The minimum absolute atomic E-state index is 0.0585. The molecular formula is C25H25NO5. The van der Waals surface area contributed by atoms with Crippen LogP contribution in [0.25, 0.3) is 0 Å². The molecule has 1 amide bonds. The summed E-state index contributed by atoms with van der Waals surface area (Å²) < 4.78 is 17.0. The molecule has 2 saturated heterocycles. The van der Waals surface area contributed by atoms with Gasteiger partial charge in [0.05, 0.1) is 31.7 Å². The molecule has 0 aromatic heterocycles. The second kappa shape index (κ2) is 7.54. The molecule has 2 bridgehead atoms. The second-order valence-corrected chi connectivity index (χ2v) is 8.41. The molecule has 2 fully saturated rings. The van der Waals surface area contributed by atoms with Gasteiger partial charge in [-0.3, -0.25) is 9.59 Å². The SMILES string of the molecule is COc1ccc([C@H](C)N2C[C@@]34C=C[C@@H](O3)[C@@H](C(=O)OCc3ccccc3)[C@@H]4C2=O)cc1. The third-order valence-corrected chi connectivity index (χ3v) is 6.69. The van der Waals surface area contributed by atoms with Crippen molar-refractivity contribution in [3.63, 3.8) is 0 Å². The number of carbonyl (C=O) groups is 2. The van der Waals surface area contributed by atoms with Crippen molar-refractivity contribution in [2.24, 2.45) is 11.8 Å². The molecule has 1 spiro atoms. The molecule has 0 unspecified atom stereocenters.